The van der Waals surface area contributed by atoms with Crippen LogP contribution in [-0.4, -0.2) is 17.8 Å². The SMILES string of the molecule is O=S(=O)(Nc1ccccc1-c1cn2ccsc2n1)c1ccccc1F. The number of fused-ring (bicyclic) bond motifs is 1. The van der Waals surface area contributed by atoms with Crippen LogP contribution in [0.5, 0.6) is 0 Å². The van der Waals surface area contributed by atoms with E-state index in [9.17, 15) is 12.8 Å². The monoisotopic (exact) mass is 373 g/mol. The number of rotatable bonds is 4. The predicted octanol–water partition coefficient (Wildman–Crippen LogP) is 4.00. The molecule has 2 aromatic heterocycles. The standard InChI is InChI=1S/C17H12FN3O2S2/c18-13-6-2-4-8-16(13)25(22,23)20-14-7-3-1-5-12(14)15-11-21-9-10-24-17(21)19-15/h1-11,20H. The molecule has 0 fully saturated rings. The van der Waals surface area contributed by atoms with E-state index in [4.69, 9.17) is 0 Å². The molecule has 8 heteroatoms. The maximum atomic E-state index is 13.9. The number of anilines is 1. The Hall–Kier alpha value is -2.71. The molecular formula is C17H12FN3O2S2. The van der Waals surface area contributed by atoms with E-state index in [1.807, 2.05) is 22.2 Å². The van der Waals surface area contributed by atoms with Crippen molar-refractivity contribution in [3.63, 3.8) is 0 Å². The van der Waals surface area contributed by atoms with E-state index in [0.717, 1.165) is 11.0 Å². The molecule has 0 unspecified atom stereocenters. The fraction of sp³-hybridized carbons (Fsp3) is 0. The second-order valence-corrected chi connectivity index (χ2v) is 7.82. The van der Waals surface area contributed by atoms with Crippen molar-refractivity contribution in [2.75, 3.05) is 4.72 Å². The second kappa shape index (κ2) is 5.98. The number of para-hydroxylation sites is 1. The van der Waals surface area contributed by atoms with Crippen molar-refractivity contribution in [2.24, 2.45) is 0 Å². The molecule has 0 saturated carbocycles. The van der Waals surface area contributed by atoms with Crippen LogP contribution in [0.4, 0.5) is 10.1 Å². The Morgan fingerprint density at radius 3 is 2.64 bits per heavy atom. The largest absolute Gasteiger partial charge is 0.297 e. The first-order valence-electron chi connectivity index (χ1n) is 7.33. The van der Waals surface area contributed by atoms with E-state index in [0.29, 0.717) is 16.9 Å². The van der Waals surface area contributed by atoms with Crippen LogP contribution in [0.25, 0.3) is 16.2 Å². The molecule has 2 aromatic carbocycles. The molecule has 5 nitrogen and oxygen atoms in total. The molecular weight excluding hydrogens is 361 g/mol. The molecule has 4 aromatic rings. The third-order valence-corrected chi connectivity index (χ3v) is 5.84. The number of imidazole rings is 1. The Labute approximate surface area is 147 Å². The summed E-state index contributed by atoms with van der Waals surface area (Å²) in [5.41, 5.74) is 1.61. The lowest BCUT2D eigenvalue weighted by Gasteiger charge is -2.12. The maximum Gasteiger partial charge on any atom is 0.264 e. The van der Waals surface area contributed by atoms with E-state index in [2.05, 4.69) is 9.71 Å². The molecule has 0 bridgehead atoms. The normalized spacial score (nSPS) is 11.7. The average Bonchev–Trinajstić information content (AvgIpc) is 3.17. The van der Waals surface area contributed by atoms with Gasteiger partial charge in [0.2, 0.25) is 0 Å². The average molecular weight is 373 g/mol. The third kappa shape index (κ3) is 2.90. The fourth-order valence-corrected chi connectivity index (χ4v) is 4.38. The molecule has 0 aliphatic heterocycles. The van der Waals surface area contributed by atoms with Crippen LogP contribution < -0.4 is 4.72 Å². The molecule has 0 aliphatic carbocycles. The molecule has 126 valence electrons. The van der Waals surface area contributed by atoms with Crippen molar-refractivity contribution in [1.82, 2.24) is 9.38 Å². The van der Waals surface area contributed by atoms with Gasteiger partial charge in [0.05, 0.1) is 11.4 Å². The molecule has 4 rings (SSSR count). The molecule has 0 amide bonds. The zero-order valence-electron chi connectivity index (χ0n) is 12.8. The fourth-order valence-electron chi connectivity index (χ4n) is 2.52. The van der Waals surface area contributed by atoms with Crippen molar-refractivity contribution in [2.45, 2.75) is 4.90 Å². The highest BCUT2D eigenvalue weighted by Crippen LogP contribution is 2.30. The Bertz CT molecular complexity index is 1140. The minimum atomic E-state index is -4.05. The van der Waals surface area contributed by atoms with Crippen LogP contribution in [0.3, 0.4) is 0 Å². The van der Waals surface area contributed by atoms with Gasteiger partial charge >= 0.3 is 0 Å². The van der Waals surface area contributed by atoms with E-state index in [-0.39, 0.29) is 0 Å². The van der Waals surface area contributed by atoms with Crippen molar-refractivity contribution in [1.29, 1.82) is 0 Å². The summed E-state index contributed by atoms with van der Waals surface area (Å²) in [5.74, 6) is -0.796. The second-order valence-electron chi connectivity index (χ2n) is 5.30. The zero-order valence-corrected chi connectivity index (χ0v) is 14.4. The number of sulfonamides is 1. The van der Waals surface area contributed by atoms with Crippen LogP contribution in [0.1, 0.15) is 0 Å². The molecule has 25 heavy (non-hydrogen) atoms. The van der Waals surface area contributed by atoms with Gasteiger partial charge < -0.3 is 0 Å². The Morgan fingerprint density at radius 1 is 1.08 bits per heavy atom. The first-order chi connectivity index (χ1) is 12.0. The van der Waals surface area contributed by atoms with E-state index in [1.54, 1.807) is 24.3 Å². The van der Waals surface area contributed by atoms with Crippen molar-refractivity contribution in [3.8, 4) is 11.3 Å². The summed E-state index contributed by atoms with van der Waals surface area (Å²) in [4.78, 5) is 4.91. The first-order valence-corrected chi connectivity index (χ1v) is 9.70. The molecule has 0 aliphatic rings. The Balaban J connectivity index is 1.77. The van der Waals surface area contributed by atoms with Gasteiger partial charge in [-0.15, -0.1) is 11.3 Å². The number of nitrogens with one attached hydrogen (secondary N) is 1. The van der Waals surface area contributed by atoms with Gasteiger partial charge in [-0.1, -0.05) is 30.3 Å². The summed E-state index contributed by atoms with van der Waals surface area (Å²) in [6, 6.07) is 12.2. The van der Waals surface area contributed by atoms with Gasteiger partial charge in [0.25, 0.3) is 10.0 Å². The Morgan fingerprint density at radius 2 is 1.84 bits per heavy atom. The summed E-state index contributed by atoms with van der Waals surface area (Å²) in [7, 11) is -4.05. The van der Waals surface area contributed by atoms with Crippen molar-refractivity contribution in [3.05, 3.63) is 72.1 Å². The zero-order chi connectivity index (χ0) is 17.4. The number of hydrogen-bond acceptors (Lipinski definition) is 4. The smallest absolute Gasteiger partial charge is 0.264 e. The molecule has 0 radical (unpaired) electrons. The highest BCUT2D eigenvalue weighted by Gasteiger charge is 2.20. The van der Waals surface area contributed by atoms with Gasteiger partial charge in [-0.25, -0.2) is 17.8 Å². The first kappa shape index (κ1) is 15.8. The van der Waals surface area contributed by atoms with Gasteiger partial charge in [0.1, 0.15) is 10.7 Å². The van der Waals surface area contributed by atoms with Crippen LogP contribution in [0.2, 0.25) is 0 Å². The predicted molar refractivity (Wildman–Crippen MR) is 95.7 cm³/mol. The number of benzene rings is 2. The third-order valence-electron chi connectivity index (χ3n) is 3.67. The van der Waals surface area contributed by atoms with Crippen LogP contribution in [0, 0.1) is 5.82 Å². The summed E-state index contributed by atoms with van der Waals surface area (Å²) in [5, 5.41) is 1.92. The van der Waals surface area contributed by atoms with E-state index < -0.39 is 20.7 Å². The molecule has 1 N–H and O–H groups in total. The van der Waals surface area contributed by atoms with Gasteiger partial charge in [0.15, 0.2) is 4.96 Å². The van der Waals surface area contributed by atoms with Gasteiger partial charge in [-0.05, 0) is 18.2 Å². The van der Waals surface area contributed by atoms with Crippen molar-refractivity contribution < 1.29 is 12.8 Å². The summed E-state index contributed by atoms with van der Waals surface area (Å²) < 4.78 is 43.3. The summed E-state index contributed by atoms with van der Waals surface area (Å²) in [6.07, 6.45) is 3.70. The van der Waals surface area contributed by atoms with Crippen LogP contribution in [-0.2, 0) is 10.0 Å². The minimum absolute atomic E-state index is 0.344. The number of aromatic nitrogens is 2. The topological polar surface area (TPSA) is 63.5 Å². The molecule has 0 spiro atoms. The van der Waals surface area contributed by atoms with Gasteiger partial charge in [-0.3, -0.25) is 9.12 Å². The summed E-state index contributed by atoms with van der Waals surface area (Å²) in [6.45, 7) is 0. The van der Waals surface area contributed by atoms with Crippen LogP contribution in [0.15, 0.2) is 71.2 Å². The van der Waals surface area contributed by atoms with Gasteiger partial charge in [0, 0.05) is 23.3 Å². The molecule has 2 heterocycles. The number of nitrogens with zero attached hydrogens (tertiary/aromatic N) is 2. The highest BCUT2D eigenvalue weighted by atomic mass is 32.2. The number of hydrogen-bond donors (Lipinski definition) is 1. The van der Waals surface area contributed by atoms with E-state index in [1.165, 1.54) is 29.5 Å². The lowest BCUT2D eigenvalue weighted by molar-refractivity contribution is 0.570. The lowest BCUT2D eigenvalue weighted by atomic mass is 10.1. The quantitative estimate of drug-likeness (QED) is 0.588. The minimum Gasteiger partial charge on any atom is -0.297 e. The maximum absolute atomic E-state index is 13.9. The number of halogens is 1. The highest BCUT2D eigenvalue weighted by molar-refractivity contribution is 7.92. The molecule has 0 saturated heterocycles. The van der Waals surface area contributed by atoms with Crippen LogP contribution >= 0.6 is 11.3 Å². The number of thiazole rings is 1. The lowest BCUT2D eigenvalue weighted by Crippen LogP contribution is -2.15. The molecule has 0 atom stereocenters. The van der Waals surface area contributed by atoms with Crippen molar-refractivity contribution >= 4 is 32.0 Å². The Kier molecular flexibility index (Phi) is 3.78. The van der Waals surface area contributed by atoms with E-state index >= 15 is 0 Å². The van der Waals surface area contributed by atoms with Gasteiger partial charge in [-0.2, -0.15) is 0 Å². The summed E-state index contributed by atoms with van der Waals surface area (Å²) >= 11 is 1.48.